The fourth-order valence-electron chi connectivity index (χ4n) is 1.79. The van der Waals surface area contributed by atoms with Crippen LogP contribution < -0.4 is 10.6 Å². The molecule has 0 spiro atoms. The topological polar surface area (TPSA) is 29.3 Å². The summed E-state index contributed by atoms with van der Waals surface area (Å²) in [5.41, 5.74) is 7.77. The molecule has 76 valence electrons. The number of nitrogen functional groups attached to an aromatic ring is 1. The molecule has 1 aromatic rings. The van der Waals surface area contributed by atoms with Gasteiger partial charge in [-0.2, -0.15) is 0 Å². The van der Waals surface area contributed by atoms with E-state index in [1.54, 1.807) is 0 Å². The van der Waals surface area contributed by atoms with Gasteiger partial charge in [-0.1, -0.05) is 11.6 Å². The van der Waals surface area contributed by atoms with E-state index >= 15 is 0 Å². The van der Waals surface area contributed by atoms with Crippen molar-refractivity contribution in [3.05, 3.63) is 23.2 Å². The van der Waals surface area contributed by atoms with Crippen molar-refractivity contribution in [3.63, 3.8) is 0 Å². The molecule has 1 aromatic carbocycles. The predicted octanol–water partition coefficient (Wildman–Crippen LogP) is 2.91. The second-order valence-electron chi connectivity index (χ2n) is 3.90. The van der Waals surface area contributed by atoms with Crippen LogP contribution in [0.15, 0.2) is 18.2 Å². The molecule has 2 N–H and O–H groups in total. The first-order valence-electron chi connectivity index (χ1n) is 4.96. The first-order chi connectivity index (χ1) is 6.68. The van der Waals surface area contributed by atoms with E-state index in [9.17, 15) is 0 Å². The lowest BCUT2D eigenvalue weighted by molar-refractivity contribution is 0.401. The second kappa shape index (κ2) is 3.70. The summed E-state index contributed by atoms with van der Waals surface area (Å²) in [6.45, 7) is 0. The Morgan fingerprint density at radius 2 is 2.14 bits per heavy atom. The molecule has 1 fully saturated rings. The van der Waals surface area contributed by atoms with Crippen molar-refractivity contribution < 1.29 is 0 Å². The Morgan fingerprint density at radius 3 is 2.71 bits per heavy atom. The monoisotopic (exact) mass is 210 g/mol. The summed E-state index contributed by atoms with van der Waals surface area (Å²) >= 11 is 5.94. The van der Waals surface area contributed by atoms with Gasteiger partial charge in [0.25, 0.3) is 0 Å². The van der Waals surface area contributed by atoms with Gasteiger partial charge in [0.1, 0.15) is 0 Å². The molecular weight excluding hydrogens is 196 g/mol. The molecule has 1 aliphatic rings. The molecule has 2 rings (SSSR count). The molecule has 0 unspecified atom stereocenters. The Morgan fingerprint density at radius 1 is 1.43 bits per heavy atom. The van der Waals surface area contributed by atoms with Crippen LogP contribution in [0.5, 0.6) is 0 Å². The van der Waals surface area contributed by atoms with E-state index in [0.717, 1.165) is 16.4 Å². The average Bonchev–Trinajstić information content (AvgIpc) is 2.06. The lowest BCUT2D eigenvalue weighted by atomic mass is 9.91. The van der Waals surface area contributed by atoms with Crippen molar-refractivity contribution in [1.29, 1.82) is 0 Å². The summed E-state index contributed by atoms with van der Waals surface area (Å²) in [5, 5.41) is 0.750. The molecule has 2 nitrogen and oxygen atoms in total. The van der Waals surface area contributed by atoms with Gasteiger partial charge in [0.05, 0.1) is 11.4 Å². The maximum Gasteiger partial charge on any atom is 0.0614 e. The van der Waals surface area contributed by atoms with Gasteiger partial charge in [0.15, 0.2) is 0 Å². The lowest BCUT2D eigenvalue weighted by Crippen LogP contribution is -2.37. The standard InChI is InChI=1S/C11H15ClN2/c1-14(9-3-2-4-9)11-7-8(12)5-6-10(11)13/h5-7,9H,2-4,13H2,1H3. The van der Waals surface area contributed by atoms with Crippen LogP contribution in [-0.2, 0) is 0 Å². The van der Waals surface area contributed by atoms with E-state index in [-0.39, 0.29) is 0 Å². The maximum atomic E-state index is 5.94. The largest absolute Gasteiger partial charge is 0.397 e. The van der Waals surface area contributed by atoms with Crippen molar-refractivity contribution in [2.45, 2.75) is 25.3 Å². The maximum absolute atomic E-state index is 5.94. The Hall–Kier alpha value is -0.890. The molecule has 0 saturated heterocycles. The number of nitrogens with two attached hydrogens (primary N) is 1. The van der Waals surface area contributed by atoms with Gasteiger partial charge in [0, 0.05) is 18.1 Å². The molecule has 0 amide bonds. The number of nitrogens with zero attached hydrogens (tertiary/aromatic N) is 1. The molecule has 3 heteroatoms. The first-order valence-corrected chi connectivity index (χ1v) is 5.34. The van der Waals surface area contributed by atoms with Crippen LogP contribution in [0, 0.1) is 0 Å². The Balaban J connectivity index is 2.24. The number of hydrogen-bond donors (Lipinski definition) is 1. The molecule has 0 radical (unpaired) electrons. The molecule has 1 aliphatic carbocycles. The second-order valence-corrected chi connectivity index (χ2v) is 4.34. The predicted molar refractivity (Wildman–Crippen MR) is 61.9 cm³/mol. The van der Waals surface area contributed by atoms with Crippen molar-refractivity contribution in [3.8, 4) is 0 Å². The zero-order valence-corrected chi connectivity index (χ0v) is 9.09. The number of rotatable bonds is 2. The van der Waals surface area contributed by atoms with Gasteiger partial charge >= 0.3 is 0 Å². The van der Waals surface area contributed by atoms with Crippen molar-refractivity contribution in [2.75, 3.05) is 17.7 Å². The normalized spacial score (nSPS) is 16.4. The Kier molecular flexibility index (Phi) is 2.55. The lowest BCUT2D eigenvalue weighted by Gasteiger charge is -2.37. The highest BCUT2D eigenvalue weighted by atomic mass is 35.5. The van der Waals surface area contributed by atoms with Gasteiger partial charge in [0.2, 0.25) is 0 Å². The zero-order valence-electron chi connectivity index (χ0n) is 8.33. The van der Waals surface area contributed by atoms with Crippen LogP contribution in [0.2, 0.25) is 5.02 Å². The van der Waals surface area contributed by atoms with Crippen LogP contribution in [0.3, 0.4) is 0 Å². The zero-order chi connectivity index (χ0) is 10.1. The van der Waals surface area contributed by atoms with E-state index in [1.165, 1.54) is 19.3 Å². The molecule has 1 saturated carbocycles. The Labute approximate surface area is 89.7 Å². The van der Waals surface area contributed by atoms with Crippen LogP contribution >= 0.6 is 11.6 Å². The fourth-order valence-corrected chi connectivity index (χ4v) is 1.96. The minimum absolute atomic E-state index is 0.649. The van der Waals surface area contributed by atoms with Gasteiger partial charge < -0.3 is 10.6 Å². The van der Waals surface area contributed by atoms with Gasteiger partial charge in [-0.3, -0.25) is 0 Å². The minimum atomic E-state index is 0.649. The quantitative estimate of drug-likeness (QED) is 0.761. The first kappa shape index (κ1) is 9.66. The Bertz CT molecular complexity index is 334. The third-order valence-electron chi connectivity index (χ3n) is 2.99. The van der Waals surface area contributed by atoms with Crippen molar-refractivity contribution in [2.24, 2.45) is 0 Å². The number of hydrogen-bond acceptors (Lipinski definition) is 2. The molecule has 0 aromatic heterocycles. The van der Waals surface area contributed by atoms with Crippen LogP contribution in [0.4, 0.5) is 11.4 Å². The summed E-state index contributed by atoms with van der Waals surface area (Å²) in [4.78, 5) is 2.24. The van der Waals surface area contributed by atoms with E-state index in [0.29, 0.717) is 6.04 Å². The summed E-state index contributed by atoms with van der Waals surface area (Å²) in [5.74, 6) is 0. The van der Waals surface area contributed by atoms with E-state index in [2.05, 4.69) is 11.9 Å². The molecule has 0 bridgehead atoms. The minimum Gasteiger partial charge on any atom is -0.397 e. The molecular formula is C11H15ClN2. The van der Waals surface area contributed by atoms with Gasteiger partial charge in [-0.25, -0.2) is 0 Å². The SMILES string of the molecule is CN(c1cc(Cl)ccc1N)C1CCC1. The van der Waals surface area contributed by atoms with Crippen molar-refractivity contribution >= 4 is 23.0 Å². The van der Waals surface area contributed by atoms with Crippen LogP contribution in [0.25, 0.3) is 0 Å². The molecule has 14 heavy (non-hydrogen) atoms. The summed E-state index contributed by atoms with van der Waals surface area (Å²) in [7, 11) is 2.09. The third kappa shape index (κ3) is 1.67. The molecule has 0 aliphatic heterocycles. The summed E-state index contributed by atoms with van der Waals surface area (Å²) < 4.78 is 0. The van der Waals surface area contributed by atoms with Gasteiger partial charge in [-0.15, -0.1) is 0 Å². The van der Waals surface area contributed by atoms with E-state index in [1.807, 2.05) is 18.2 Å². The van der Waals surface area contributed by atoms with Gasteiger partial charge in [-0.05, 0) is 37.5 Å². The van der Waals surface area contributed by atoms with E-state index < -0.39 is 0 Å². The molecule has 0 heterocycles. The smallest absolute Gasteiger partial charge is 0.0614 e. The van der Waals surface area contributed by atoms with Crippen LogP contribution in [0.1, 0.15) is 19.3 Å². The van der Waals surface area contributed by atoms with Crippen LogP contribution in [-0.4, -0.2) is 13.1 Å². The highest BCUT2D eigenvalue weighted by Gasteiger charge is 2.23. The summed E-state index contributed by atoms with van der Waals surface area (Å²) in [6, 6.07) is 6.28. The highest BCUT2D eigenvalue weighted by Crippen LogP contribution is 2.33. The molecule has 0 atom stereocenters. The third-order valence-corrected chi connectivity index (χ3v) is 3.23. The number of benzene rings is 1. The van der Waals surface area contributed by atoms with Crippen molar-refractivity contribution in [1.82, 2.24) is 0 Å². The summed E-state index contributed by atoms with van der Waals surface area (Å²) in [6.07, 6.45) is 3.86. The highest BCUT2D eigenvalue weighted by molar-refractivity contribution is 6.31. The number of halogens is 1. The number of anilines is 2. The van der Waals surface area contributed by atoms with E-state index in [4.69, 9.17) is 17.3 Å². The fraction of sp³-hybridized carbons (Fsp3) is 0.455. The average molecular weight is 211 g/mol.